The van der Waals surface area contributed by atoms with Gasteiger partial charge in [0.05, 0.1) is 0 Å². The van der Waals surface area contributed by atoms with E-state index in [1.54, 1.807) is 0 Å². The van der Waals surface area contributed by atoms with Crippen molar-refractivity contribution in [3.8, 4) is 0 Å². The molecule has 0 aromatic rings. The van der Waals surface area contributed by atoms with Crippen molar-refractivity contribution in [2.24, 2.45) is 0 Å². The molecule has 2 atom stereocenters. The van der Waals surface area contributed by atoms with Gasteiger partial charge in [0.2, 0.25) is 0 Å². The number of likely N-dealkylation sites (N-methyl/N-ethyl adjacent to an activating group) is 1. The van der Waals surface area contributed by atoms with Crippen LogP contribution in [0.3, 0.4) is 0 Å². The van der Waals surface area contributed by atoms with Crippen LogP contribution in [0.2, 0.25) is 0 Å². The van der Waals surface area contributed by atoms with Crippen molar-refractivity contribution in [1.82, 2.24) is 15.1 Å². The maximum atomic E-state index is 3.44. The summed E-state index contributed by atoms with van der Waals surface area (Å²) in [4.78, 5) is 5.05. The molecular formula is C11H23N3. The predicted molar refractivity (Wildman–Crippen MR) is 59.5 cm³/mol. The average molecular weight is 197 g/mol. The minimum atomic E-state index is 0.720. The van der Waals surface area contributed by atoms with Gasteiger partial charge in [0.1, 0.15) is 0 Å². The summed E-state index contributed by atoms with van der Waals surface area (Å²) in [6, 6.07) is 3.02. The fraction of sp³-hybridized carbons (Fsp3) is 1.00. The molecule has 2 fully saturated rings. The minimum absolute atomic E-state index is 0.720. The largest absolute Gasteiger partial charge is 0.307 e. The van der Waals surface area contributed by atoms with Crippen LogP contribution in [0, 0.1) is 0 Å². The fourth-order valence-corrected chi connectivity index (χ4v) is 2.14. The lowest BCUT2D eigenvalue weighted by atomic mass is 10.1. The SMILES string of the molecule is CC1NC1CN(C)C1CN(C(C)C)C1. The number of hydrogen-bond acceptors (Lipinski definition) is 3. The van der Waals surface area contributed by atoms with Crippen molar-refractivity contribution in [1.29, 1.82) is 0 Å². The third-order valence-electron chi connectivity index (χ3n) is 3.70. The third kappa shape index (κ3) is 2.10. The zero-order chi connectivity index (χ0) is 10.3. The maximum absolute atomic E-state index is 3.44. The number of nitrogens with one attached hydrogen (secondary N) is 1. The van der Waals surface area contributed by atoms with Crippen LogP contribution in [-0.2, 0) is 0 Å². The van der Waals surface area contributed by atoms with Gasteiger partial charge in [-0.1, -0.05) is 0 Å². The van der Waals surface area contributed by atoms with E-state index in [0.717, 1.165) is 24.2 Å². The topological polar surface area (TPSA) is 28.4 Å². The molecule has 0 saturated carbocycles. The number of hydrogen-bond donors (Lipinski definition) is 1. The molecule has 0 amide bonds. The van der Waals surface area contributed by atoms with Crippen LogP contribution >= 0.6 is 0 Å². The highest BCUT2D eigenvalue weighted by Gasteiger charge is 2.37. The Morgan fingerprint density at radius 2 is 2.00 bits per heavy atom. The summed E-state index contributed by atoms with van der Waals surface area (Å²) in [5.74, 6) is 0. The van der Waals surface area contributed by atoms with Gasteiger partial charge in [-0.2, -0.15) is 0 Å². The summed E-state index contributed by atoms with van der Waals surface area (Å²) < 4.78 is 0. The Balaban J connectivity index is 1.66. The van der Waals surface area contributed by atoms with Gasteiger partial charge in [0.25, 0.3) is 0 Å². The minimum Gasteiger partial charge on any atom is -0.307 e. The summed E-state index contributed by atoms with van der Waals surface area (Å²) in [5.41, 5.74) is 0. The molecule has 2 unspecified atom stereocenters. The Bertz CT molecular complexity index is 199. The lowest BCUT2D eigenvalue weighted by Crippen LogP contribution is -2.60. The molecule has 0 aliphatic carbocycles. The van der Waals surface area contributed by atoms with E-state index in [0.29, 0.717) is 0 Å². The van der Waals surface area contributed by atoms with Crippen molar-refractivity contribution in [2.45, 2.75) is 44.9 Å². The van der Waals surface area contributed by atoms with Gasteiger partial charge in [0.15, 0.2) is 0 Å². The summed E-state index contributed by atoms with van der Waals surface area (Å²) in [5, 5.41) is 3.44. The van der Waals surface area contributed by atoms with Gasteiger partial charge in [-0.25, -0.2) is 0 Å². The molecule has 0 aromatic carbocycles. The Hall–Kier alpha value is -0.120. The van der Waals surface area contributed by atoms with Crippen molar-refractivity contribution in [2.75, 3.05) is 26.7 Å². The predicted octanol–water partition coefficient (Wildman–Crippen LogP) is 0.371. The molecule has 0 spiro atoms. The summed E-state index contributed by atoms with van der Waals surface area (Å²) >= 11 is 0. The van der Waals surface area contributed by atoms with Crippen molar-refractivity contribution >= 4 is 0 Å². The normalized spacial score (nSPS) is 33.9. The van der Waals surface area contributed by atoms with Crippen molar-refractivity contribution in [3.63, 3.8) is 0 Å². The molecule has 2 aliphatic heterocycles. The van der Waals surface area contributed by atoms with E-state index in [9.17, 15) is 0 Å². The van der Waals surface area contributed by atoms with Gasteiger partial charge in [-0.15, -0.1) is 0 Å². The van der Waals surface area contributed by atoms with E-state index in [1.807, 2.05) is 0 Å². The van der Waals surface area contributed by atoms with Crippen LogP contribution in [0.1, 0.15) is 20.8 Å². The van der Waals surface area contributed by atoms with Gasteiger partial charge >= 0.3 is 0 Å². The molecule has 82 valence electrons. The molecule has 0 radical (unpaired) electrons. The second kappa shape index (κ2) is 3.80. The highest BCUT2D eigenvalue weighted by Crippen LogP contribution is 2.19. The maximum Gasteiger partial charge on any atom is 0.0349 e. The molecule has 1 N–H and O–H groups in total. The summed E-state index contributed by atoms with van der Waals surface area (Å²) in [6.07, 6.45) is 0. The molecule has 3 nitrogen and oxygen atoms in total. The number of likely N-dealkylation sites (tertiary alicyclic amines) is 1. The van der Waals surface area contributed by atoms with Gasteiger partial charge in [-0.05, 0) is 27.8 Å². The molecule has 2 saturated heterocycles. The summed E-state index contributed by atoms with van der Waals surface area (Å²) in [7, 11) is 2.26. The Morgan fingerprint density at radius 1 is 1.43 bits per heavy atom. The van der Waals surface area contributed by atoms with E-state index < -0.39 is 0 Å². The van der Waals surface area contributed by atoms with Gasteiger partial charge in [0, 0.05) is 43.8 Å². The van der Waals surface area contributed by atoms with Crippen molar-refractivity contribution < 1.29 is 0 Å². The fourth-order valence-electron chi connectivity index (χ4n) is 2.14. The molecule has 0 aromatic heterocycles. The first-order valence-corrected chi connectivity index (χ1v) is 5.78. The molecule has 2 heterocycles. The monoisotopic (exact) mass is 197 g/mol. The Kier molecular flexibility index (Phi) is 2.82. The Labute approximate surface area is 87.4 Å². The van der Waals surface area contributed by atoms with E-state index in [1.165, 1.54) is 19.6 Å². The zero-order valence-electron chi connectivity index (χ0n) is 9.83. The molecule has 0 bridgehead atoms. The van der Waals surface area contributed by atoms with Crippen LogP contribution in [0.15, 0.2) is 0 Å². The average Bonchev–Trinajstić information content (AvgIpc) is 2.61. The van der Waals surface area contributed by atoms with Crippen molar-refractivity contribution in [3.05, 3.63) is 0 Å². The molecule has 3 heteroatoms. The van der Waals surface area contributed by atoms with Crippen LogP contribution in [0.5, 0.6) is 0 Å². The summed E-state index contributed by atoms with van der Waals surface area (Å²) in [6.45, 7) is 10.6. The zero-order valence-corrected chi connectivity index (χ0v) is 9.83. The first-order valence-electron chi connectivity index (χ1n) is 5.78. The van der Waals surface area contributed by atoms with E-state index in [2.05, 4.69) is 42.9 Å². The van der Waals surface area contributed by atoms with E-state index >= 15 is 0 Å². The standard InChI is InChI=1S/C11H23N3/c1-8(2)14-5-10(6-14)13(4)7-11-9(3)12-11/h8-12H,5-7H2,1-4H3. The second-order valence-corrected chi connectivity index (χ2v) is 5.20. The lowest BCUT2D eigenvalue weighted by Gasteiger charge is -2.46. The third-order valence-corrected chi connectivity index (χ3v) is 3.70. The first kappa shape index (κ1) is 10.4. The molecule has 2 aliphatic rings. The highest BCUT2D eigenvalue weighted by atomic mass is 15.3. The van der Waals surface area contributed by atoms with E-state index in [4.69, 9.17) is 0 Å². The van der Waals surface area contributed by atoms with E-state index in [-0.39, 0.29) is 0 Å². The quantitative estimate of drug-likeness (QED) is 0.660. The van der Waals surface area contributed by atoms with Gasteiger partial charge < -0.3 is 5.32 Å². The van der Waals surface area contributed by atoms with Gasteiger partial charge in [-0.3, -0.25) is 9.80 Å². The lowest BCUT2D eigenvalue weighted by molar-refractivity contribution is 0.0272. The van der Waals surface area contributed by atoms with Crippen LogP contribution < -0.4 is 5.32 Å². The number of nitrogens with zero attached hydrogens (tertiary/aromatic N) is 2. The second-order valence-electron chi connectivity index (χ2n) is 5.20. The van der Waals surface area contributed by atoms with Crippen LogP contribution in [-0.4, -0.2) is 60.6 Å². The number of rotatable bonds is 4. The molecule has 2 rings (SSSR count). The van der Waals surface area contributed by atoms with Crippen LogP contribution in [0.25, 0.3) is 0 Å². The molecule has 14 heavy (non-hydrogen) atoms. The smallest absolute Gasteiger partial charge is 0.0349 e. The first-order chi connectivity index (χ1) is 6.58. The highest BCUT2D eigenvalue weighted by molar-refractivity contribution is 4.98. The van der Waals surface area contributed by atoms with Crippen LogP contribution in [0.4, 0.5) is 0 Å². The molecular weight excluding hydrogens is 174 g/mol. The Morgan fingerprint density at radius 3 is 2.43 bits per heavy atom.